The van der Waals surface area contributed by atoms with Gasteiger partial charge in [-0.05, 0) is 43.3 Å². The standard InChI is InChI=1S/C20H14FN3O4/c1-11(19-23-17(24-28-19)12-6-8-14(21)9-7-12)22-18(25)15-10-13-4-2-3-5-16(13)27-20(15)26/h2-11H,1H3,(H,22,25)/t11-/m1/s1. The van der Waals surface area contributed by atoms with Crippen molar-refractivity contribution in [3.63, 3.8) is 0 Å². The Kier molecular flexibility index (Phi) is 4.44. The number of hydrogen-bond acceptors (Lipinski definition) is 6. The van der Waals surface area contributed by atoms with E-state index in [1.165, 1.54) is 30.3 Å². The van der Waals surface area contributed by atoms with E-state index < -0.39 is 17.6 Å². The van der Waals surface area contributed by atoms with Crippen molar-refractivity contribution in [3.05, 3.63) is 82.3 Å². The molecular formula is C20H14FN3O4. The number of amides is 1. The number of benzene rings is 2. The van der Waals surface area contributed by atoms with Gasteiger partial charge in [0.1, 0.15) is 23.0 Å². The third-order valence-corrected chi connectivity index (χ3v) is 4.15. The maximum absolute atomic E-state index is 13.0. The Hall–Kier alpha value is -3.81. The first-order valence-electron chi connectivity index (χ1n) is 8.44. The zero-order chi connectivity index (χ0) is 19.7. The molecule has 1 atom stereocenters. The van der Waals surface area contributed by atoms with Crippen molar-refractivity contribution in [2.24, 2.45) is 0 Å². The van der Waals surface area contributed by atoms with Crippen LogP contribution in [0, 0.1) is 5.82 Å². The first-order chi connectivity index (χ1) is 13.5. The monoisotopic (exact) mass is 379 g/mol. The molecule has 4 rings (SSSR count). The third kappa shape index (κ3) is 3.39. The summed E-state index contributed by atoms with van der Waals surface area (Å²) in [5.74, 6) is -0.574. The number of fused-ring (bicyclic) bond motifs is 1. The second-order valence-electron chi connectivity index (χ2n) is 6.14. The molecule has 0 radical (unpaired) electrons. The molecule has 7 nitrogen and oxygen atoms in total. The Bertz CT molecular complexity index is 1210. The molecule has 1 amide bonds. The predicted molar refractivity (Wildman–Crippen MR) is 98.1 cm³/mol. The van der Waals surface area contributed by atoms with Crippen molar-refractivity contribution in [1.82, 2.24) is 15.5 Å². The Morgan fingerprint density at radius 3 is 2.68 bits per heavy atom. The quantitative estimate of drug-likeness (QED) is 0.545. The fourth-order valence-corrected chi connectivity index (χ4v) is 2.68. The van der Waals surface area contributed by atoms with E-state index in [0.29, 0.717) is 16.5 Å². The molecule has 1 N–H and O–H groups in total. The normalized spacial score (nSPS) is 12.1. The Morgan fingerprint density at radius 2 is 1.89 bits per heavy atom. The summed E-state index contributed by atoms with van der Waals surface area (Å²) in [4.78, 5) is 28.8. The van der Waals surface area contributed by atoms with Crippen LogP contribution in [0.2, 0.25) is 0 Å². The zero-order valence-corrected chi connectivity index (χ0v) is 14.7. The molecule has 2 heterocycles. The highest BCUT2D eigenvalue weighted by Crippen LogP contribution is 2.19. The number of para-hydroxylation sites is 1. The Balaban J connectivity index is 1.54. The van der Waals surface area contributed by atoms with Crippen LogP contribution in [0.15, 0.2) is 68.3 Å². The molecule has 0 unspecified atom stereocenters. The lowest BCUT2D eigenvalue weighted by molar-refractivity contribution is 0.0929. The van der Waals surface area contributed by atoms with Gasteiger partial charge in [-0.2, -0.15) is 4.98 Å². The molecule has 8 heteroatoms. The van der Waals surface area contributed by atoms with Gasteiger partial charge in [-0.25, -0.2) is 9.18 Å². The SMILES string of the molecule is C[C@@H](NC(=O)c1cc2ccccc2oc1=O)c1nc(-c2ccc(F)cc2)no1. The molecule has 0 bridgehead atoms. The highest BCUT2D eigenvalue weighted by molar-refractivity contribution is 5.96. The third-order valence-electron chi connectivity index (χ3n) is 4.15. The molecule has 2 aromatic carbocycles. The molecule has 4 aromatic rings. The van der Waals surface area contributed by atoms with E-state index in [1.54, 1.807) is 31.2 Å². The van der Waals surface area contributed by atoms with Crippen molar-refractivity contribution in [2.75, 3.05) is 0 Å². The maximum Gasteiger partial charge on any atom is 0.349 e. The van der Waals surface area contributed by atoms with Crippen molar-refractivity contribution in [1.29, 1.82) is 0 Å². The molecule has 0 aliphatic rings. The summed E-state index contributed by atoms with van der Waals surface area (Å²) in [5, 5.41) is 7.11. The Labute approximate surface area is 157 Å². The van der Waals surface area contributed by atoms with E-state index in [0.717, 1.165) is 0 Å². The lowest BCUT2D eigenvalue weighted by Gasteiger charge is -2.09. The minimum Gasteiger partial charge on any atom is -0.422 e. The molecule has 0 fully saturated rings. The summed E-state index contributed by atoms with van der Waals surface area (Å²) in [6, 6.07) is 13.3. The van der Waals surface area contributed by atoms with Gasteiger partial charge in [-0.15, -0.1) is 0 Å². The predicted octanol–water partition coefficient (Wildman–Crippen LogP) is 3.47. The van der Waals surface area contributed by atoms with Crippen LogP contribution < -0.4 is 10.9 Å². The average molecular weight is 379 g/mol. The first kappa shape index (κ1) is 17.6. The Morgan fingerprint density at radius 1 is 1.14 bits per heavy atom. The molecule has 0 aliphatic carbocycles. The smallest absolute Gasteiger partial charge is 0.349 e. The lowest BCUT2D eigenvalue weighted by atomic mass is 10.1. The highest BCUT2D eigenvalue weighted by atomic mass is 19.1. The molecule has 2 aromatic heterocycles. The van der Waals surface area contributed by atoms with Crippen molar-refractivity contribution < 1.29 is 18.1 Å². The van der Waals surface area contributed by atoms with Crippen molar-refractivity contribution in [2.45, 2.75) is 13.0 Å². The van der Waals surface area contributed by atoms with Crippen LogP contribution in [0.4, 0.5) is 4.39 Å². The van der Waals surface area contributed by atoms with Crippen LogP contribution in [-0.2, 0) is 0 Å². The number of carbonyl (C=O) groups excluding carboxylic acids is 1. The van der Waals surface area contributed by atoms with Gasteiger partial charge in [0, 0.05) is 10.9 Å². The highest BCUT2D eigenvalue weighted by Gasteiger charge is 2.21. The zero-order valence-electron chi connectivity index (χ0n) is 14.7. The molecule has 0 spiro atoms. The summed E-state index contributed by atoms with van der Waals surface area (Å²) >= 11 is 0. The number of nitrogens with one attached hydrogen (secondary N) is 1. The van der Waals surface area contributed by atoms with E-state index in [1.807, 2.05) is 0 Å². The van der Waals surface area contributed by atoms with Gasteiger partial charge in [-0.3, -0.25) is 4.79 Å². The number of carbonyl (C=O) groups is 1. The molecule has 0 saturated carbocycles. The molecule has 0 aliphatic heterocycles. The van der Waals surface area contributed by atoms with Crippen molar-refractivity contribution >= 4 is 16.9 Å². The van der Waals surface area contributed by atoms with Gasteiger partial charge in [0.15, 0.2) is 0 Å². The van der Waals surface area contributed by atoms with Gasteiger partial charge in [-0.1, -0.05) is 23.4 Å². The van der Waals surface area contributed by atoms with E-state index in [2.05, 4.69) is 15.5 Å². The topological polar surface area (TPSA) is 98.2 Å². The average Bonchev–Trinajstić information content (AvgIpc) is 3.18. The molecule has 0 saturated heterocycles. The van der Waals surface area contributed by atoms with Gasteiger partial charge < -0.3 is 14.3 Å². The number of nitrogens with zero attached hydrogens (tertiary/aromatic N) is 2. The van der Waals surface area contributed by atoms with Crippen LogP contribution in [0.3, 0.4) is 0 Å². The van der Waals surface area contributed by atoms with Crippen LogP contribution in [0.5, 0.6) is 0 Å². The minimum absolute atomic E-state index is 0.121. The number of aromatic nitrogens is 2. The maximum atomic E-state index is 13.0. The van der Waals surface area contributed by atoms with Gasteiger partial charge in [0.05, 0.1) is 0 Å². The minimum atomic E-state index is -0.735. The summed E-state index contributed by atoms with van der Waals surface area (Å²) in [6.45, 7) is 1.64. The second kappa shape index (κ2) is 7.07. The van der Waals surface area contributed by atoms with Crippen LogP contribution in [0.1, 0.15) is 29.2 Å². The fraction of sp³-hybridized carbons (Fsp3) is 0.100. The van der Waals surface area contributed by atoms with Crippen LogP contribution in [-0.4, -0.2) is 16.0 Å². The van der Waals surface area contributed by atoms with Gasteiger partial charge >= 0.3 is 5.63 Å². The number of halogens is 1. The summed E-state index contributed by atoms with van der Waals surface area (Å²) in [7, 11) is 0. The summed E-state index contributed by atoms with van der Waals surface area (Å²) in [6.07, 6.45) is 0. The van der Waals surface area contributed by atoms with E-state index >= 15 is 0 Å². The molecule has 28 heavy (non-hydrogen) atoms. The molecule has 140 valence electrons. The van der Waals surface area contributed by atoms with Crippen molar-refractivity contribution in [3.8, 4) is 11.4 Å². The number of hydrogen-bond donors (Lipinski definition) is 1. The lowest BCUT2D eigenvalue weighted by Crippen LogP contribution is -2.30. The van der Waals surface area contributed by atoms with E-state index in [4.69, 9.17) is 8.94 Å². The number of rotatable bonds is 4. The van der Waals surface area contributed by atoms with Gasteiger partial charge in [0.2, 0.25) is 11.7 Å². The van der Waals surface area contributed by atoms with Gasteiger partial charge in [0.25, 0.3) is 5.91 Å². The van der Waals surface area contributed by atoms with E-state index in [9.17, 15) is 14.0 Å². The summed E-state index contributed by atoms with van der Waals surface area (Å²) < 4.78 is 23.4. The van der Waals surface area contributed by atoms with Crippen LogP contribution in [0.25, 0.3) is 22.4 Å². The molecular weight excluding hydrogens is 365 g/mol. The second-order valence-corrected chi connectivity index (χ2v) is 6.14. The van der Waals surface area contributed by atoms with Crippen LogP contribution >= 0.6 is 0 Å². The largest absolute Gasteiger partial charge is 0.422 e. The first-order valence-corrected chi connectivity index (χ1v) is 8.44. The summed E-state index contributed by atoms with van der Waals surface area (Å²) in [5.41, 5.74) is 0.118. The van der Waals surface area contributed by atoms with E-state index in [-0.39, 0.29) is 23.1 Å². The fourth-order valence-electron chi connectivity index (χ4n) is 2.68.